The van der Waals surface area contributed by atoms with Crippen molar-refractivity contribution in [2.24, 2.45) is 0 Å². The number of carbonyl (C=O) groups is 1. The average Bonchev–Trinajstić information content (AvgIpc) is 2.89. The number of ether oxygens (including phenoxy) is 1. The largest absolute Gasteiger partial charge is 0.443 e. The Morgan fingerprint density at radius 3 is 2.48 bits per heavy atom. The first-order valence-electron chi connectivity index (χ1n) is 7.76. The van der Waals surface area contributed by atoms with Crippen LogP contribution in [-0.2, 0) is 4.74 Å². The first kappa shape index (κ1) is 15.3. The number of carbonyl (C=O) groups excluding carboxylic acids is 1. The van der Waals surface area contributed by atoms with Crippen LogP contribution in [0.2, 0.25) is 0 Å². The summed E-state index contributed by atoms with van der Waals surface area (Å²) in [5.41, 5.74) is 3.95. The van der Waals surface area contributed by atoms with Crippen LogP contribution in [0.4, 0.5) is 4.79 Å². The number of hydrogen-bond acceptors (Lipinski definition) is 2. The summed E-state index contributed by atoms with van der Waals surface area (Å²) in [6, 6.07) is 16.4. The van der Waals surface area contributed by atoms with Crippen molar-refractivity contribution in [3.8, 4) is 11.1 Å². The highest BCUT2D eigenvalue weighted by atomic mass is 16.6. The van der Waals surface area contributed by atoms with E-state index in [4.69, 9.17) is 4.74 Å². The summed E-state index contributed by atoms with van der Waals surface area (Å²) in [5.74, 6) is 0. The Kier molecular flexibility index (Phi) is 3.72. The normalized spacial score (nSPS) is 11.7. The molecule has 3 aromatic rings. The van der Waals surface area contributed by atoms with Crippen molar-refractivity contribution >= 4 is 17.0 Å². The molecule has 0 atom stereocenters. The number of aromatic nitrogens is 1. The molecule has 0 aliphatic heterocycles. The van der Waals surface area contributed by atoms with Crippen LogP contribution in [-0.4, -0.2) is 16.3 Å². The summed E-state index contributed by atoms with van der Waals surface area (Å²) in [5, 5.41) is 1.02. The number of aryl methyl sites for hydroxylation is 1. The molecule has 0 saturated heterocycles. The highest BCUT2D eigenvalue weighted by Crippen LogP contribution is 2.27. The second kappa shape index (κ2) is 5.58. The molecule has 1 aromatic heterocycles. The first-order valence-corrected chi connectivity index (χ1v) is 7.76. The van der Waals surface area contributed by atoms with Crippen LogP contribution in [0.15, 0.2) is 54.7 Å². The quantitative estimate of drug-likeness (QED) is 0.602. The van der Waals surface area contributed by atoms with E-state index in [0.29, 0.717) is 0 Å². The number of rotatable bonds is 1. The molecule has 23 heavy (non-hydrogen) atoms. The zero-order valence-corrected chi connectivity index (χ0v) is 14.0. The van der Waals surface area contributed by atoms with E-state index in [2.05, 4.69) is 25.1 Å². The van der Waals surface area contributed by atoms with Crippen molar-refractivity contribution in [1.82, 2.24) is 4.57 Å². The van der Waals surface area contributed by atoms with E-state index in [-0.39, 0.29) is 6.09 Å². The molecule has 0 saturated carbocycles. The number of nitrogens with zero attached hydrogens (tertiary/aromatic N) is 1. The fraction of sp³-hybridized carbons (Fsp3) is 0.250. The molecule has 3 heteroatoms. The van der Waals surface area contributed by atoms with Crippen molar-refractivity contribution in [2.75, 3.05) is 0 Å². The van der Waals surface area contributed by atoms with E-state index < -0.39 is 5.60 Å². The monoisotopic (exact) mass is 307 g/mol. The third-order valence-corrected chi connectivity index (χ3v) is 3.74. The highest BCUT2D eigenvalue weighted by Gasteiger charge is 2.19. The minimum atomic E-state index is -0.505. The van der Waals surface area contributed by atoms with Gasteiger partial charge in [0.15, 0.2) is 0 Å². The Morgan fingerprint density at radius 1 is 1.04 bits per heavy atom. The molecule has 0 bridgehead atoms. The minimum absolute atomic E-state index is 0.351. The second-order valence-corrected chi connectivity index (χ2v) is 6.75. The van der Waals surface area contributed by atoms with Gasteiger partial charge in [-0.25, -0.2) is 4.79 Å². The second-order valence-electron chi connectivity index (χ2n) is 6.75. The molecule has 0 aliphatic rings. The molecule has 0 spiro atoms. The Balaban J connectivity index is 2.01. The van der Waals surface area contributed by atoms with Crippen molar-refractivity contribution in [3.05, 3.63) is 60.3 Å². The topological polar surface area (TPSA) is 31.2 Å². The Bertz CT molecular complexity index is 869. The number of hydrogen-bond donors (Lipinski definition) is 0. The van der Waals surface area contributed by atoms with Gasteiger partial charge in [0.2, 0.25) is 0 Å². The van der Waals surface area contributed by atoms with Gasteiger partial charge in [0.05, 0.1) is 5.52 Å². The summed E-state index contributed by atoms with van der Waals surface area (Å²) in [4.78, 5) is 12.3. The Labute approximate surface area is 136 Å². The standard InChI is InChI=1S/C20H21NO2/c1-14-7-5-6-8-17(14)15-9-10-18-16(13-15)11-12-21(18)19(22)23-20(2,3)4/h5-13H,1-4H3. The third kappa shape index (κ3) is 3.14. The smallest absolute Gasteiger partial charge is 0.418 e. The van der Waals surface area contributed by atoms with Gasteiger partial charge >= 0.3 is 6.09 Å². The van der Waals surface area contributed by atoms with Crippen LogP contribution in [0, 0.1) is 6.92 Å². The molecule has 0 fully saturated rings. The molecule has 0 N–H and O–H groups in total. The maximum absolute atomic E-state index is 12.3. The predicted octanol–water partition coefficient (Wildman–Crippen LogP) is 5.40. The van der Waals surface area contributed by atoms with Crippen molar-refractivity contribution in [2.45, 2.75) is 33.3 Å². The van der Waals surface area contributed by atoms with Gasteiger partial charge in [0.1, 0.15) is 5.60 Å². The van der Waals surface area contributed by atoms with E-state index in [0.717, 1.165) is 16.5 Å². The van der Waals surface area contributed by atoms with Crippen LogP contribution < -0.4 is 0 Å². The molecule has 0 aliphatic carbocycles. The molecule has 2 aromatic carbocycles. The summed E-state index contributed by atoms with van der Waals surface area (Å²) in [6.45, 7) is 7.71. The minimum Gasteiger partial charge on any atom is -0.443 e. The van der Waals surface area contributed by atoms with Gasteiger partial charge in [-0.3, -0.25) is 4.57 Å². The summed E-state index contributed by atoms with van der Waals surface area (Å²) in [6.07, 6.45) is 1.41. The third-order valence-electron chi connectivity index (χ3n) is 3.74. The first-order chi connectivity index (χ1) is 10.8. The SMILES string of the molecule is Cc1ccccc1-c1ccc2c(ccn2C(=O)OC(C)(C)C)c1. The molecule has 118 valence electrons. The molecular formula is C20H21NO2. The Morgan fingerprint density at radius 2 is 1.78 bits per heavy atom. The van der Waals surface area contributed by atoms with E-state index in [9.17, 15) is 4.79 Å². The maximum atomic E-state index is 12.3. The maximum Gasteiger partial charge on any atom is 0.418 e. The molecule has 1 heterocycles. The lowest BCUT2D eigenvalue weighted by Crippen LogP contribution is -2.26. The Hall–Kier alpha value is -2.55. The van der Waals surface area contributed by atoms with Gasteiger partial charge in [-0.2, -0.15) is 0 Å². The molecule has 0 unspecified atom stereocenters. The van der Waals surface area contributed by atoms with Crippen LogP contribution in [0.25, 0.3) is 22.0 Å². The van der Waals surface area contributed by atoms with Crippen LogP contribution in [0.1, 0.15) is 26.3 Å². The van der Waals surface area contributed by atoms with Crippen molar-refractivity contribution < 1.29 is 9.53 Å². The van der Waals surface area contributed by atoms with Gasteiger partial charge in [-0.05, 0) is 62.6 Å². The zero-order chi connectivity index (χ0) is 16.6. The summed E-state index contributed by atoms with van der Waals surface area (Å²) < 4.78 is 7.01. The summed E-state index contributed by atoms with van der Waals surface area (Å²) >= 11 is 0. The van der Waals surface area contributed by atoms with Crippen LogP contribution in [0.3, 0.4) is 0 Å². The summed E-state index contributed by atoms with van der Waals surface area (Å²) in [7, 11) is 0. The lowest BCUT2D eigenvalue weighted by Gasteiger charge is -2.19. The zero-order valence-electron chi connectivity index (χ0n) is 14.0. The lowest BCUT2D eigenvalue weighted by molar-refractivity contribution is 0.0544. The fourth-order valence-electron chi connectivity index (χ4n) is 2.68. The van der Waals surface area contributed by atoms with Crippen molar-refractivity contribution in [3.63, 3.8) is 0 Å². The van der Waals surface area contributed by atoms with Gasteiger partial charge in [-0.1, -0.05) is 30.3 Å². The van der Waals surface area contributed by atoms with Gasteiger partial charge < -0.3 is 4.74 Å². The van der Waals surface area contributed by atoms with E-state index in [1.54, 1.807) is 10.8 Å². The average molecular weight is 307 g/mol. The van der Waals surface area contributed by atoms with Gasteiger partial charge in [-0.15, -0.1) is 0 Å². The van der Waals surface area contributed by atoms with Crippen LogP contribution >= 0.6 is 0 Å². The van der Waals surface area contributed by atoms with Gasteiger partial charge in [0, 0.05) is 11.6 Å². The van der Waals surface area contributed by atoms with Crippen molar-refractivity contribution in [1.29, 1.82) is 0 Å². The van der Waals surface area contributed by atoms with E-state index in [1.807, 2.05) is 51.1 Å². The number of benzene rings is 2. The molecular weight excluding hydrogens is 286 g/mol. The molecule has 0 radical (unpaired) electrons. The molecule has 3 nitrogen and oxygen atoms in total. The van der Waals surface area contributed by atoms with Gasteiger partial charge in [0.25, 0.3) is 0 Å². The molecule has 0 amide bonds. The van der Waals surface area contributed by atoms with E-state index in [1.165, 1.54) is 11.1 Å². The predicted molar refractivity (Wildman–Crippen MR) is 93.7 cm³/mol. The molecule has 3 rings (SSSR count). The number of fused-ring (bicyclic) bond motifs is 1. The lowest BCUT2D eigenvalue weighted by atomic mass is 10.00. The van der Waals surface area contributed by atoms with Crippen LogP contribution in [0.5, 0.6) is 0 Å². The van der Waals surface area contributed by atoms with E-state index >= 15 is 0 Å². The highest BCUT2D eigenvalue weighted by molar-refractivity contribution is 5.92. The fourth-order valence-corrected chi connectivity index (χ4v) is 2.68.